The SMILES string of the molecule is CCCC(NC(=O)C1CCCN1C(=O)C(NC(=O)C(NC(=O)C(CCC(=O)O)NC(=O)C(CCC(=O)O)NC(C)=O)C(C)C)C(C)C)C(=O)C(=O)NCC(=O)NC(CCSC)C(=O)NC(Cc1cnc[nH]1)C(=O)NC(Cc1ccc(O)cc1)C(=O)NC(C(N)=O)C(C)O. The number of nitrogens with two attached hydrogens (primary N) is 1. The van der Waals surface area contributed by atoms with Crippen LogP contribution < -0.4 is 58.9 Å². The fraction of sp³-hybridized carbons (Fsp3) is 0.593. The highest BCUT2D eigenvalue weighted by atomic mass is 32.2. The highest BCUT2D eigenvalue weighted by Gasteiger charge is 2.42. The largest absolute Gasteiger partial charge is 0.508 e. The second kappa shape index (κ2) is 38.6. The van der Waals surface area contributed by atoms with Gasteiger partial charge in [0.25, 0.3) is 5.91 Å². The number of thioether (sulfide) groups is 1. The van der Waals surface area contributed by atoms with Crippen LogP contribution in [0.4, 0.5) is 0 Å². The van der Waals surface area contributed by atoms with Crippen LogP contribution in [0.5, 0.6) is 5.75 Å². The van der Waals surface area contributed by atoms with Gasteiger partial charge in [-0.1, -0.05) is 53.2 Å². The number of phenols is 1. The van der Waals surface area contributed by atoms with Gasteiger partial charge in [0.1, 0.15) is 60.1 Å². The van der Waals surface area contributed by atoms with E-state index in [1.165, 1.54) is 60.4 Å². The monoisotopic (exact) mass is 1330 g/mol. The number of H-pyrrole nitrogens is 1. The molecule has 1 saturated heterocycles. The molecule has 1 aliphatic heterocycles. The number of carbonyl (C=O) groups excluding carboxylic acids is 13. The Balaban J connectivity index is 1.75. The number of primary amides is 1. The smallest absolute Gasteiger partial charge is 0.303 e. The van der Waals surface area contributed by atoms with Crippen LogP contribution in [-0.4, -0.2) is 216 Å². The second-order valence-electron chi connectivity index (χ2n) is 23.0. The Bertz CT molecular complexity index is 2970. The van der Waals surface area contributed by atoms with Crippen LogP contribution in [-0.2, 0) is 84.8 Å². The van der Waals surface area contributed by atoms with Gasteiger partial charge in [-0.2, -0.15) is 11.8 Å². The highest BCUT2D eigenvalue weighted by molar-refractivity contribution is 7.98. The molecule has 0 saturated carbocycles. The number of likely N-dealkylation sites (tertiary alicyclic amines) is 1. The number of aromatic nitrogens is 2. The number of carboxylic acid groups (broad SMARTS) is 2. The summed E-state index contributed by atoms with van der Waals surface area (Å²) in [7, 11) is 0. The fourth-order valence-electron chi connectivity index (χ4n) is 9.73. The highest BCUT2D eigenvalue weighted by Crippen LogP contribution is 2.22. The topological polar surface area (TPSA) is 515 Å². The molecule has 11 unspecified atom stereocenters. The van der Waals surface area contributed by atoms with Gasteiger partial charge >= 0.3 is 11.9 Å². The maximum absolute atomic E-state index is 14.4. The van der Waals surface area contributed by atoms with E-state index in [1.54, 1.807) is 40.9 Å². The molecule has 514 valence electrons. The standard InChI is InChI=1S/C59H88N14O19S/c1-9-11-36(66-56(89)42-12-10-22-73(42)59(92)47(30(4)5)71-57(90)46(29(2)3)70-53(86)38(18-20-45(80)81)67-51(84)37(64-32(7)75)17-19-44(78)79)49(82)58(91)62-27-43(77)65-39(21-23-93-8)52(85)69-41(25-34-26-61-28-63-34)54(87)68-40(24-33-13-15-35(76)16-14-33)55(88)72-48(31(6)74)50(60)83/h13-16,26,28-31,36-42,46-48,74,76H,9-12,17-25,27H2,1-8H3,(H2,60,83)(H,61,63)(H,62,91)(H,64,75)(H,65,77)(H,66,89)(H,67,84)(H,68,87)(H,69,85)(H,70,86)(H,71,90)(H,72,88)(H,78,79)(H,80,81). The normalized spacial score (nSPS) is 16.0. The third-order valence-corrected chi connectivity index (χ3v) is 15.4. The van der Waals surface area contributed by atoms with Crippen LogP contribution in [0.2, 0.25) is 0 Å². The number of hydrogen-bond donors (Lipinski definition) is 16. The molecule has 3 rings (SSSR count). The van der Waals surface area contributed by atoms with Gasteiger partial charge in [0.2, 0.25) is 70.8 Å². The average Bonchev–Trinajstić information content (AvgIpc) is 1.79. The molecule has 12 amide bonds. The van der Waals surface area contributed by atoms with Crippen molar-refractivity contribution in [3.05, 3.63) is 48.0 Å². The summed E-state index contributed by atoms with van der Waals surface area (Å²) in [5.41, 5.74) is 6.21. The number of amides is 12. The maximum Gasteiger partial charge on any atom is 0.303 e. The molecule has 34 heteroatoms. The van der Waals surface area contributed by atoms with Crippen LogP contribution in [0.3, 0.4) is 0 Å². The van der Waals surface area contributed by atoms with Gasteiger partial charge in [-0.25, -0.2) is 4.98 Å². The molecule has 33 nitrogen and oxygen atoms in total. The van der Waals surface area contributed by atoms with Crippen molar-refractivity contribution >= 4 is 100 Å². The number of aliphatic hydroxyl groups excluding tert-OH is 1. The zero-order valence-electron chi connectivity index (χ0n) is 53.2. The first-order chi connectivity index (χ1) is 43.8. The summed E-state index contributed by atoms with van der Waals surface area (Å²) in [6.45, 7) is 9.47. The summed E-state index contributed by atoms with van der Waals surface area (Å²) in [6.07, 6.45) is 1.11. The molecule has 11 atom stereocenters. The van der Waals surface area contributed by atoms with E-state index in [9.17, 15) is 87.2 Å². The van der Waals surface area contributed by atoms with Gasteiger partial charge < -0.3 is 89.2 Å². The first-order valence-electron chi connectivity index (χ1n) is 30.2. The minimum absolute atomic E-state index is 0.0129. The zero-order chi connectivity index (χ0) is 69.8. The number of carboxylic acids is 2. The molecule has 2 aromatic rings. The number of benzene rings is 1. The van der Waals surface area contributed by atoms with Crippen molar-refractivity contribution in [2.45, 2.75) is 186 Å². The molecule has 1 aliphatic rings. The lowest BCUT2D eigenvalue weighted by Crippen LogP contribution is -2.61. The first-order valence-corrected chi connectivity index (χ1v) is 31.6. The minimum Gasteiger partial charge on any atom is -0.508 e. The number of carbonyl (C=O) groups is 15. The number of aliphatic hydroxyl groups is 1. The summed E-state index contributed by atoms with van der Waals surface area (Å²) >= 11 is 1.31. The summed E-state index contributed by atoms with van der Waals surface area (Å²) in [4.78, 5) is 207. The van der Waals surface area contributed by atoms with E-state index in [1.807, 2.05) is 0 Å². The number of hydrogen-bond acceptors (Lipinski definition) is 19. The number of ketones is 1. The van der Waals surface area contributed by atoms with Crippen molar-refractivity contribution in [2.75, 3.05) is 25.1 Å². The molecular formula is C59H88N14O19S. The number of aromatic hydroxyl groups is 1. The van der Waals surface area contributed by atoms with Gasteiger partial charge in [0.15, 0.2) is 0 Å². The Morgan fingerprint density at radius 2 is 1.16 bits per heavy atom. The van der Waals surface area contributed by atoms with Crippen molar-refractivity contribution in [3.8, 4) is 5.75 Å². The Kier molecular flexibility index (Phi) is 32.4. The second-order valence-corrected chi connectivity index (χ2v) is 24.0. The minimum atomic E-state index is -1.59. The summed E-state index contributed by atoms with van der Waals surface area (Å²) in [6, 6.07) is -8.60. The van der Waals surface area contributed by atoms with Gasteiger partial charge in [0.05, 0.1) is 25.0 Å². The fourth-order valence-corrected chi connectivity index (χ4v) is 10.2. The molecule has 1 fully saturated rings. The number of imidazole rings is 1. The van der Waals surface area contributed by atoms with E-state index in [0.717, 1.165) is 6.92 Å². The lowest BCUT2D eigenvalue weighted by atomic mass is 9.98. The molecule has 2 heterocycles. The third-order valence-electron chi connectivity index (χ3n) is 14.8. The number of nitrogens with one attached hydrogen (secondary N) is 11. The van der Waals surface area contributed by atoms with Gasteiger partial charge in [-0.05, 0) is 87.0 Å². The first kappa shape index (κ1) is 78.0. The molecule has 0 bridgehead atoms. The van der Waals surface area contributed by atoms with Crippen LogP contribution >= 0.6 is 11.8 Å². The van der Waals surface area contributed by atoms with Gasteiger partial charge in [-0.3, -0.25) is 71.9 Å². The molecule has 0 radical (unpaired) electrons. The molecule has 17 N–H and O–H groups in total. The lowest BCUT2D eigenvalue weighted by Gasteiger charge is -2.33. The van der Waals surface area contributed by atoms with Crippen molar-refractivity contribution in [1.29, 1.82) is 0 Å². The predicted molar refractivity (Wildman–Crippen MR) is 332 cm³/mol. The molecule has 0 aliphatic carbocycles. The van der Waals surface area contributed by atoms with Crippen molar-refractivity contribution in [3.63, 3.8) is 0 Å². The van der Waals surface area contributed by atoms with Crippen LogP contribution in [0.15, 0.2) is 36.8 Å². The van der Waals surface area contributed by atoms with Gasteiger partial charge in [0, 0.05) is 51.0 Å². The molecule has 93 heavy (non-hydrogen) atoms. The van der Waals surface area contributed by atoms with Crippen LogP contribution in [0, 0.1) is 11.8 Å². The van der Waals surface area contributed by atoms with E-state index >= 15 is 0 Å². The molecule has 0 spiro atoms. The lowest BCUT2D eigenvalue weighted by molar-refractivity contribution is -0.144. The Morgan fingerprint density at radius 1 is 0.645 bits per heavy atom. The number of aromatic amines is 1. The summed E-state index contributed by atoms with van der Waals surface area (Å²) in [5, 5.41) is 63.2. The number of Topliss-reactive ketones (excluding diaryl/α,β-unsaturated/α-hetero) is 1. The number of nitrogens with zero attached hydrogens (tertiary/aromatic N) is 2. The summed E-state index contributed by atoms with van der Waals surface area (Å²) in [5.74, 6) is -16.0. The quantitative estimate of drug-likeness (QED) is 0.0287. The Morgan fingerprint density at radius 3 is 1.68 bits per heavy atom. The van der Waals surface area contributed by atoms with E-state index in [0.29, 0.717) is 23.4 Å². The van der Waals surface area contributed by atoms with E-state index in [4.69, 9.17) is 10.8 Å². The Hall–Kier alpha value is -9.21. The number of rotatable bonds is 40. The van der Waals surface area contributed by atoms with Crippen molar-refractivity contribution in [1.82, 2.24) is 68.0 Å². The average molecular weight is 1330 g/mol. The summed E-state index contributed by atoms with van der Waals surface area (Å²) < 4.78 is 0. The predicted octanol–water partition coefficient (Wildman–Crippen LogP) is -3.58. The number of aliphatic carboxylic acids is 2. The maximum atomic E-state index is 14.4. The molecular weight excluding hydrogens is 1240 g/mol. The van der Waals surface area contributed by atoms with E-state index in [2.05, 4.69) is 63.1 Å². The number of phenolic OH excluding ortho intramolecular Hbond substituents is 1. The zero-order valence-corrected chi connectivity index (χ0v) is 54.0. The van der Waals surface area contributed by atoms with Crippen LogP contribution in [0.25, 0.3) is 0 Å². The molecule has 1 aromatic carbocycles. The van der Waals surface area contributed by atoms with E-state index in [-0.39, 0.29) is 57.2 Å². The third kappa shape index (κ3) is 26.1. The van der Waals surface area contributed by atoms with Crippen molar-refractivity contribution in [2.24, 2.45) is 17.6 Å². The van der Waals surface area contributed by atoms with Gasteiger partial charge in [-0.15, -0.1) is 0 Å². The molecule has 1 aromatic heterocycles. The van der Waals surface area contributed by atoms with Crippen LogP contribution in [0.1, 0.15) is 118 Å². The Labute approximate surface area is 540 Å². The van der Waals surface area contributed by atoms with E-state index < -0.39 is 193 Å². The van der Waals surface area contributed by atoms with Crippen molar-refractivity contribution < 1.29 is 92.3 Å².